The molecule has 1 atom stereocenters. The van der Waals surface area contributed by atoms with Crippen molar-refractivity contribution in [3.63, 3.8) is 0 Å². The third kappa shape index (κ3) is 3.66. The zero-order valence-electron chi connectivity index (χ0n) is 10.8. The monoisotopic (exact) mass is 315 g/mol. The van der Waals surface area contributed by atoms with E-state index in [0.29, 0.717) is 10.0 Å². The number of rotatable bonds is 5. The standard InChI is InChI=1S/C13H15Cl2N3S/c1-3-11(16-4-2)13-18-17-12(19-13)8-5-9(14)7-10(15)6-8/h5-7,11,16H,3-4H2,1-2H3. The van der Waals surface area contributed by atoms with Crippen LogP contribution >= 0.6 is 34.5 Å². The van der Waals surface area contributed by atoms with Crippen LogP contribution in [0.5, 0.6) is 0 Å². The molecule has 0 saturated heterocycles. The summed E-state index contributed by atoms with van der Waals surface area (Å²) in [6.45, 7) is 5.13. The number of hydrogen-bond donors (Lipinski definition) is 1. The fourth-order valence-electron chi connectivity index (χ4n) is 1.82. The van der Waals surface area contributed by atoms with Gasteiger partial charge in [0.05, 0.1) is 6.04 Å². The zero-order chi connectivity index (χ0) is 13.8. The van der Waals surface area contributed by atoms with E-state index in [9.17, 15) is 0 Å². The third-order valence-electron chi connectivity index (χ3n) is 2.71. The van der Waals surface area contributed by atoms with E-state index in [1.165, 1.54) is 0 Å². The van der Waals surface area contributed by atoms with Crippen LogP contribution in [0.1, 0.15) is 31.3 Å². The average molecular weight is 316 g/mol. The third-order valence-corrected chi connectivity index (χ3v) is 4.23. The molecule has 0 amide bonds. The molecule has 0 aliphatic heterocycles. The van der Waals surface area contributed by atoms with Crippen LogP contribution in [-0.4, -0.2) is 16.7 Å². The molecule has 0 aliphatic rings. The van der Waals surface area contributed by atoms with Gasteiger partial charge in [-0.1, -0.05) is 48.4 Å². The van der Waals surface area contributed by atoms with Crippen molar-refractivity contribution in [3.05, 3.63) is 33.3 Å². The molecule has 0 saturated carbocycles. The maximum atomic E-state index is 6.01. The Hall–Kier alpha value is -0.680. The number of hydrogen-bond acceptors (Lipinski definition) is 4. The maximum Gasteiger partial charge on any atom is 0.147 e. The fourth-order valence-corrected chi connectivity index (χ4v) is 3.34. The van der Waals surface area contributed by atoms with Crippen molar-refractivity contribution < 1.29 is 0 Å². The second kappa shape index (κ2) is 6.66. The molecule has 1 unspecified atom stereocenters. The molecule has 1 aromatic heterocycles. The van der Waals surface area contributed by atoms with Crippen LogP contribution in [0, 0.1) is 0 Å². The van der Waals surface area contributed by atoms with E-state index in [1.807, 2.05) is 12.1 Å². The lowest BCUT2D eigenvalue weighted by molar-refractivity contribution is 0.531. The Bertz CT molecular complexity index is 536. The van der Waals surface area contributed by atoms with E-state index in [0.717, 1.165) is 28.5 Å². The van der Waals surface area contributed by atoms with Crippen molar-refractivity contribution in [2.75, 3.05) is 6.54 Å². The van der Waals surface area contributed by atoms with Crippen molar-refractivity contribution in [1.29, 1.82) is 0 Å². The van der Waals surface area contributed by atoms with Crippen molar-refractivity contribution in [3.8, 4) is 10.6 Å². The van der Waals surface area contributed by atoms with E-state index in [1.54, 1.807) is 17.4 Å². The Labute approximate surface area is 127 Å². The Balaban J connectivity index is 2.29. The molecule has 0 spiro atoms. The van der Waals surface area contributed by atoms with Crippen LogP contribution < -0.4 is 5.32 Å². The second-order valence-electron chi connectivity index (χ2n) is 4.12. The number of aromatic nitrogens is 2. The minimum Gasteiger partial charge on any atom is -0.308 e. The normalized spacial score (nSPS) is 12.6. The summed E-state index contributed by atoms with van der Waals surface area (Å²) in [5.74, 6) is 0. The molecule has 0 fully saturated rings. The van der Waals surface area contributed by atoms with Gasteiger partial charge in [-0.2, -0.15) is 0 Å². The molecule has 1 heterocycles. The van der Waals surface area contributed by atoms with Gasteiger partial charge in [0.2, 0.25) is 0 Å². The highest BCUT2D eigenvalue weighted by molar-refractivity contribution is 7.14. The first-order valence-corrected chi connectivity index (χ1v) is 7.74. The number of nitrogens with zero attached hydrogens (tertiary/aromatic N) is 2. The van der Waals surface area contributed by atoms with Crippen molar-refractivity contribution in [2.45, 2.75) is 26.3 Å². The van der Waals surface area contributed by atoms with E-state index >= 15 is 0 Å². The van der Waals surface area contributed by atoms with Crippen molar-refractivity contribution in [1.82, 2.24) is 15.5 Å². The van der Waals surface area contributed by atoms with E-state index in [2.05, 4.69) is 29.4 Å². The molecular formula is C13H15Cl2N3S. The number of nitrogens with one attached hydrogen (secondary N) is 1. The summed E-state index contributed by atoms with van der Waals surface area (Å²) < 4.78 is 0. The van der Waals surface area contributed by atoms with E-state index in [-0.39, 0.29) is 6.04 Å². The summed E-state index contributed by atoms with van der Waals surface area (Å²) in [4.78, 5) is 0. The van der Waals surface area contributed by atoms with Gasteiger partial charge in [-0.25, -0.2) is 0 Å². The Morgan fingerprint density at radius 1 is 1.16 bits per heavy atom. The predicted molar refractivity (Wildman–Crippen MR) is 82.1 cm³/mol. The SMILES string of the molecule is CCNC(CC)c1nnc(-c2cc(Cl)cc(Cl)c2)s1. The van der Waals surface area contributed by atoms with Crippen LogP contribution in [0.3, 0.4) is 0 Å². The molecule has 6 heteroatoms. The molecule has 2 rings (SSSR count). The molecule has 3 nitrogen and oxygen atoms in total. The molecule has 2 aromatic rings. The molecule has 19 heavy (non-hydrogen) atoms. The first kappa shape index (κ1) is 14.7. The van der Waals surface area contributed by atoms with Gasteiger partial charge in [-0.15, -0.1) is 10.2 Å². The summed E-state index contributed by atoms with van der Waals surface area (Å²) in [5, 5.41) is 14.9. The van der Waals surface area contributed by atoms with Gasteiger partial charge in [0, 0.05) is 15.6 Å². The van der Waals surface area contributed by atoms with Gasteiger partial charge in [-0.05, 0) is 31.2 Å². The summed E-state index contributed by atoms with van der Waals surface area (Å²) in [6.07, 6.45) is 0.985. The molecule has 0 radical (unpaired) electrons. The van der Waals surface area contributed by atoms with Crippen molar-refractivity contribution >= 4 is 34.5 Å². The lowest BCUT2D eigenvalue weighted by atomic mass is 10.2. The topological polar surface area (TPSA) is 37.8 Å². The molecule has 1 N–H and O–H groups in total. The van der Waals surface area contributed by atoms with Crippen LogP contribution in [0.25, 0.3) is 10.6 Å². The number of benzene rings is 1. The molecule has 0 aliphatic carbocycles. The summed E-state index contributed by atoms with van der Waals surface area (Å²) in [6, 6.07) is 5.67. The smallest absolute Gasteiger partial charge is 0.147 e. The number of halogens is 2. The van der Waals surface area contributed by atoms with E-state index in [4.69, 9.17) is 23.2 Å². The second-order valence-corrected chi connectivity index (χ2v) is 6.00. The Kier molecular flexibility index (Phi) is 5.16. The predicted octanol–water partition coefficient (Wildman–Crippen LogP) is 4.57. The van der Waals surface area contributed by atoms with Crippen LogP contribution in [-0.2, 0) is 0 Å². The minimum absolute atomic E-state index is 0.255. The van der Waals surface area contributed by atoms with Gasteiger partial charge < -0.3 is 5.32 Å². The average Bonchev–Trinajstić information content (AvgIpc) is 2.84. The van der Waals surface area contributed by atoms with Crippen LogP contribution in [0.15, 0.2) is 18.2 Å². The lowest BCUT2D eigenvalue weighted by Crippen LogP contribution is -2.19. The van der Waals surface area contributed by atoms with E-state index < -0.39 is 0 Å². The van der Waals surface area contributed by atoms with Crippen LogP contribution in [0.2, 0.25) is 10.0 Å². The maximum absolute atomic E-state index is 6.01. The molecule has 1 aromatic carbocycles. The zero-order valence-corrected chi connectivity index (χ0v) is 13.1. The summed E-state index contributed by atoms with van der Waals surface area (Å²) in [5.41, 5.74) is 0.910. The Morgan fingerprint density at radius 3 is 2.42 bits per heavy atom. The first-order chi connectivity index (χ1) is 9.13. The first-order valence-electron chi connectivity index (χ1n) is 6.17. The fraction of sp³-hybridized carbons (Fsp3) is 0.385. The van der Waals surface area contributed by atoms with Gasteiger partial charge in [0.25, 0.3) is 0 Å². The summed E-state index contributed by atoms with van der Waals surface area (Å²) in [7, 11) is 0. The minimum atomic E-state index is 0.255. The lowest BCUT2D eigenvalue weighted by Gasteiger charge is -2.10. The largest absolute Gasteiger partial charge is 0.308 e. The highest BCUT2D eigenvalue weighted by Crippen LogP contribution is 2.31. The highest BCUT2D eigenvalue weighted by atomic mass is 35.5. The van der Waals surface area contributed by atoms with Gasteiger partial charge >= 0.3 is 0 Å². The molecule has 0 bridgehead atoms. The quantitative estimate of drug-likeness (QED) is 0.878. The van der Waals surface area contributed by atoms with Gasteiger partial charge in [-0.3, -0.25) is 0 Å². The molecular weight excluding hydrogens is 301 g/mol. The van der Waals surface area contributed by atoms with Gasteiger partial charge in [0.15, 0.2) is 0 Å². The summed E-state index contributed by atoms with van der Waals surface area (Å²) >= 11 is 13.6. The highest BCUT2D eigenvalue weighted by Gasteiger charge is 2.15. The molecule has 102 valence electrons. The Morgan fingerprint density at radius 2 is 1.84 bits per heavy atom. The van der Waals surface area contributed by atoms with Crippen LogP contribution in [0.4, 0.5) is 0 Å². The van der Waals surface area contributed by atoms with Crippen molar-refractivity contribution in [2.24, 2.45) is 0 Å². The van der Waals surface area contributed by atoms with Gasteiger partial charge in [0.1, 0.15) is 10.0 Å².